The average Bonchev–Trinajstić information content (AvgIpc) is 2.57. The van der Waals surface area contributed by atoms with Crippen LogP contribution in [0.1, 0.15) is 17.0 Å². The fourth-order valence-corrected chi connectivity index (χ4v) is 2.13. The summed E-state index contributed by atoms with van der Waals surface area (Å²) in [4.78, 5) is 0. The SMILES string of the molecule is Cc1nn(C)c(COCc2ccccc2)c1Br. The molecule has 0 fully saturated rings. The number of hydrogen-bond donors (Lipinski definition) is 0. The molecule has 0 spiro atoms. The van der Waals surface area contributed by atoms with Gasteiger partial charge >= 0.3 is 0 Å². The van der Waals surface area contributed by atoms with Crippen LogP contribution in [-0.2, 0) is 25.0 Å². The highest BCUT2D eigenvalue weighted by molar-refractivity contribution is 9.10. The van der Waals surface area contributed by atoms with Crippen molar-refractivity contribution in [1.82, 2.24) is 9.78 Å². The lowest BCUT2D eigenvalue weighted by Gasteiger charge is -2.05. The van der Waals surface area contributed by atoms with E-state index in [1.807, 2.05) is 36.9 Å². The van der Waals surface area contributed by atoms with E-state index in [2.05, 4.69) is 33.2 Å². The third kappa shape index (κ3) is 2.96. The summed E-state index contributed by atoms with van der Waals surface area (Å²) in [6.45, 7) is 3.16. The van der Waals surface area contributed by atoms with Crippen LogP contribution in [-0.4, -0.2) is 9.78 Å². The van der Waals surface area contributed by atoms with Crippen molar-refractivity contribution in [2.75, 3.05) is 0 Å². The van der Waals surface area contributed by atoms with Gasteiger partial charge in [-0.15, -0.1) is 0 Å². The molecule has 2 rings (SSSR count). The van der Waals surface area contributed by atoms with Crippen molar-refractivity contribution in [3.63, 3.8) is 0 Å². The van der Waals surface area contributed by atoms with Crippen LogP contribution in [0.3, 0.4) is 0 Å². The number of rotatable bonds is 4. The lowest BCUT2D eigenvalue weighted by molar-refractivity contribution is 0.102. The highest BCUT2D eigenvalue weighted by Crippen LogP contribution is 2.21. The van der Waals surface area contributed by atoms with E-state index in [9.17, 15) is 0 Å². The fraction of sp³-hybridized carbons (Fsp3) is 0.308. The van der Waals surface area contributed by atoms with Crippen LogP contribution in [0.25, 0.3) is 0 Å². The minimum absolute atomic E-state index is 0.562. The monoisotopic (exact) mass is 294 g/mol. The van der Waals surface area contributed by atoms with Crippen LogP contribution in [0.4, 0.5) is 0 Å². The molecular weight excluding hydrogens is 280 g/mol. The molecule has 0 atom stereocenters. The van der Waals surface area contributed by atoms with E-state index in [1.165, 1.54) is 5.56 Å². The topological polar surface area (TPSA) is 27.1 Å². The third-order valence-corrected chi connectivity index (χ3v) is 3.64. The molecule has 2 aromatic rings. The molecule has 17 heavy (non-hydrogen) atoms. The summed E-state index contributed by atoms with van der Waals surface area (Å²) in [5.41, 5.74) is 3.24. The smallest absolute Gasteiger partial charge is 0.0900 e. The molecule has 0 unspecified atom stereocenters. The van der Waals surface area contributed by atoms with Crippen molar-refractivity contribution in [2.45, 2.75) is 20.1 Å². The Kier molecular flexibility index (Phi) is 3.97. The average molecular weight is 295 g/mol. The van der Waals surface area contributed by atoms with Gasteiger partial charge in [0.05, 0.1) is 29.1 Å². The molecule has 4 heteroatoms. The zero-order chi connectivity index (χ0) is 12.3. The second-order valence-electron chi connectivity index (χ2n) is 3.95. The standard InChI is InChI=1S/C13H15BrN2O/c1-10-13(14)12(16(2)15-10)9-17-8-11-6-4-3-5-7-11/h3-7H,8-9H2,1-2H3. The van der Waals surface area contributed by atoms with Crippen molar-refractivity contribution in [1.29, 1.82) is 0 Å². The molecule has 0 aliphatic rings. The van der Waals surface area contributed by atoms with Crippen LogP contribution in [0.15, 0.2) is 34.8 Å². The van der Waals surface area contributed by atoms with Gasteiger partial charge in [0.25, 0.3) is 0 Å². The Hall–Kier alpha value is -1.13. The van der Waals surface area contributed by atoms with E-state index < -0.39 is 0 Å². The molecule has 1 aromatic heterocycles. The zero-order valence-corrected chi connectivity index (χ0v) is 11.6. The Morgan fingerprint density at radius 1 is 1.24 bits per heavy atom. The Morgan fingerprint density at radius 3 is 2.53 bits per heavy atom. The van der Waals surface area contributed by atoms with E-state index in [0.29, 0.717) is 13.2 Å². The second-order valence-corrected chi connectivity index (χ2v) is 4.74. The van der Waals surface area contributed by atoms with Crippen LogP contribution >= 0.6 is 15.9 Å². The van der Waals surface area contributed by atoms with Gasteiger partial charge in [-0.3, -0.25) is 4.68 Å². The number of halogens is 1. The van der Waals surface area contributed by atoms with Crippen LogP contribution in [0, 0.1) is 6.92 Å². The molecule has 0 saturated carbocycles. The van der Waals surface area contributed by atoms with Gasteiger partial charge in [0.15, 0.2) is 0 Å². The van der Waals surface area contributed by atoms with Gasteiger partial charge in [-0.2, -0.15) is 5.10 Å². The third-order valence-electron chi connectivity index (χ3n) is 2.61. The Balaban J connectivity index is 1.95. The maximum atomic E-state index is 5.69. The van der Waals surface area contributed by atoms with Gasteiger partial charge in [0.1, 0.15) is 0 Å². The molecule has 0 aliphatic heterocycles. The molecule has 0 saturated heterocycles. The normalized spacial score (nSPS) is 10.8. The van der Waals surface area contributed by atoms with Crippen molar-refractivity contribution >= 4 is 15.9 Å². The first-order chi connectivity index (χ1) is 8.18. The first-order valence-corrected chi connectivity index (χ1v) is 6.27. The summed E-state index contributed by atoms with van der Waals surface area (Å²) in [6.07, 6.45) is 0. The highest BCUT2D eigenvalue weighted by atomic mass is 79.9. The summed E-state index contributed by atoms with van der Waals surface area (Å²) in [5, 5.41) is 4.33. The number of aromatic nitrogens is 2. The van der Waals surface area contributed by atoms with Crippen molar-refractivity contribution in [2.24, 2.45) is 7.05 Å². The predicted molar refractivity (Wildman–Crippen MR) is 70.6 cm³/mol. The Labute approximate surface area is 110 Å². The Morgan fingerprint density at radius 2 is 1.94 bits per heavy atom. The van der Waals surface area contributed by atoms with Gasteiger partial charge in [-0.05, 0) is 28.4 Å². The van der Waals surface area contributed by atoms with Gasteiger partial charge in [0, 0.05) is 7.05 Å². The van der Waals surface area contributed by atoms with Gasteiger partial charge in [-0.1, -0.05) is 30.3 Å². The summed E-state index contributed by atoms with van der Waals surface area (Å²) in [7, 11) is 1.93. The van der Waals surface area contributed by atoms with Gasteiger partial charge < -0.3 is 4.74 Å². The number of hydrogen-bond acceptors (Lipinski definition) is 2. The summed E-state index contributed by atoms with van der Waals surface area (Å²) in [6, 6.07) is 10.2. The lowest BCUT2D eigenvalue weighted by atomic mass is 10.2. The molecule has 0 bridgehead atoms. The van der Waals surface area contributed by atoms with E-state index in [1.54, 1.807) is 0 Å². The summed E-state index contributed by atoms with van der Waals surface area (Å²) >= 11 is 3.52. The highest BCUT2D eigenvalue weighted by Gasteiger charge is 2.10. The van der Waals surface area contributed by atoms with Crippen LogP contribution < -0.4 is 0 Å². The fourth-order valence-electron chi connectivity index (χ4n) is 1.68. The Bertz CT molecular complexity index is 494. The molecule has 0 N–H and O–H groups in total. The maximum absolute atomic E-state index is 5.69. The number of ether oxygens (including phenoxy) is 1. The first kappa shape index (κ1) is 12.3. The number of benzene rings is 1. The lowest BCUT2D eigenvalue weighted by Crippen LogP contribution is -2.02. The van der Waals surface area contributed by atoms with Crippen molar-refractivity contribution in [3.8, 4) is 0 Å². The first-order valence-electron chi connectivity index (χ1n) is 5.48. The largest absolute Gasteiger partial charge is 0.370 e. The molecule has 0 radical (unpaired) electrons. The van der Waals surface area contributed by atoms with Crippen molar-refractivity contribution in [3.05, 3.63) is 51.8 Å². The molecular formula is C13H15BrN2O. The summed E-state index contributed by atoms with van der Waals surface area (Å²) < 4.78 is 8.58. The van der Waals surface area contributed by atoms with E-state index in [-0.39, 0.29) is 0 Å². The molecule has 1 aromatic carbocycles. The minimum atomic E-state index is 0.562. The molecule has 90 valence electrons. The molecule has 0 aliphatic carbocycles. The quantitative estimate of drug-likeness (QED) is 0.866. The van der Waals surface area contributed by atoms with E-state index >= 15 is 0 Å². The van der Waals surface area contributed by atoms with Crippen LogP contribution in [0.2, 0.25) is 0 Å². The molecule has 0 amide bonds. The van der Waals surface area contributed by atoms with Crippen molar-refractivity contribution < 1.29 is 4.74 Å². The summed E-state index contributed by atoms with van der Waals surface area (Å²) in [5.74, 6) is 0. The van der Waals surface area contributed by atoms with Crippen LogP contribution in [0.5, 0.6) is 0 Å². The molecule has 1 heterocycles. The number of aryl methyl sites for hydroxylation is 2. The minimum Gasteiger partial charge on any atom is -0.370 e. The van der Waals surface area contributed by atoms with Gasteiger partial charge in [-0.25, -0.2) is 0 Å². The zero-order valence-electron chi connectivity index (χ0n) is 9.98. The van der Waals surface area contributed by atoms with E-state index in [4.69, 9.17) is 4.74 Å². The second kappa shape index (κ2) is 5.47. The molecule has 3 nitrogen and oxygen atoms in total. The number of nitrogens with zero attached hydrogens (tertiary/aromatic N) is 2. The van der Waals surface area contributed by atoms with E-state index in [0.717, 1.165) is 15.9 Å². The predicted octanol–water partition coefficient (Wildman–Crippen LogP) is 3.21. The van der Waals surface area contributed by atoms with Gasteiger partial charge in [0.2, 0.25) is 0 Å². The maximum Gasteiger partial charge on any atom is 0.0900 e.